The zero-order valence-electron chi connectivity index (χ0n) is 11.3. The third-order valence-electron chi connectivity index (χ3n) is 2.76. The Morgan fingerprint density at radius 3 is 2.43 bits per heavy atom. The summed E-state index contributed by atoms with van der Waals surface area (Å²) in [7, 11) is 2.81. The fourth-order valence-corrected chi connectivity index (χ4v) is 1.73. The predicted octanol–water partition coefficient (Wildman–Crippen LogP) is 1.38. The average Bonchev–Trinajstić information content (AvgIpc) is 3.00. The van der Waals surface area contributed by atoms with Crippen molar-refractivity contribution >= 4 is 17.6 Å². The van der Waals surface area contributed by atoms with Crippen LogP contribution in [0.5, 0.6) is 11.5 Å². The van der Waals surface area contributed by atoms with Gasteiger partial charge in [0, 0.05) is 18.3 Å². The Morgan fingerprint density at radius 1 is 1.24 bits per heavy atom. The number of aromatic nitrogens is 2. The number of ether oxygens (including phenoxy) is 2. The summed E-state index contributed by atoms with van der Waals surface area (Å²) < 4.78 is 10.1. The van der Waals surface area contributed by atoms with Crippen LogP contribution in [0.2, 0.25) is 0 Å². The van der Waals surface area contributed by atoms with Gasteiger partial charge in [-0.3, -0.25) is 9.89 Å². The van der Waals surface area contributed by atoms with Gasteiger partial charge in [-0.25, -0.2) is 4.79 Å². The molecule has 1 amide bonds. The van der Waals surface area contributed by atoms with Crippen LogP contribution in [0.1, 0.15) is 20.7 Å². The third kappa shape index (κ3) is 2.94. The molecule has 0 fully saturated rings. The van der Waals surface area contributed by atoms with E-state index in [1.807, 2.05) is 0 Å². The Bertz CT molecular complexity index is 667. The van der Waals surface area contributed by atoms with Crippen LogP contribution in [0.3, 0.4) is 0 Å². The number of nitrogens with zero attached hydrogens (tertiary/aromatic N) is 1. The molecule has 2 rings (SSSR count). The zero-order valence-corrected chi connectivity index (χ0v) is 11.3. The van der Waals surface area contributed by atoms with Gasteiger partial charge in [-0.15, -0.1) is 0 Å². The van der Waals surface area contributed by atoms with Gasteiger partial charge in [0.05, 0.1) is 37.2 Å². The number of carboxylic acid groups (broad SMARTS) is 1. The van der Waals surface area contributed by atoms with E-state index in [2.05, 4.69) is 15.5 Å². The van der Waals surface area contributed by atoms with Crippen LogP contribution in [0.15, 0.2) is 24.5 Å². The molecule has 0 aliphatic carbocycles. The number of H-pyrrole nitrogens is 1. The number of anilines is 1. The largest absolute Gasteiger partial charge is 0.493 e. The maximum Gasteiger partial charge on any atom is 0.337 e. The first-order valence-corrected chi connectivity index (χ1v) is 5.86. The van der Waals surface area contributed by atoms with Crippen LogP contribution in [-0.4, -0.2) is 41.4 Å². The van der Waals surface area contributed by atoms with Gasteiger partial charge in [0.2, 0.25) is 0 Å². The van der Waals surface area contributed by atoms with E-state index in [4.69, 9.17) is 9.47 Å². The summed E-state index contributed by atoms with van der Waals surface area (Å²) in [4.78, 5) is 23.3. The first-order chi connectivity index (χ1) is 10.1. The number of aromatic amines is 1. The van der Waals surface area contributed by atoms with Crippen molar-refractivity contribution in [1.82, 2.24) is 10.2 Å². The number of carboxylic acids is 1. The number of amides is 1. The van der Waals surface area contributed by atoms with Gasteiger partial charge in [-0.2, -0.15) is 5.10 Å². The zero-order chi connectivity index (χ0) is 15.4. The highest BCUT2D eigenvalue weighted by Crippen LogP contribution is 2.33. The molecule has 1 heterocycles. The fourth-order valence-electron chi connectivity index (χ4n) is 1.73. The van der Waals surface area contributed by atoms with Crippen LogP contribution in [0, 0.1) is 0 Å². The highest BCUT2D eigenvalue weighted by atomic mass is 16.5. The summed E-state index contributed by atoms with van der Waals surface area (Å²) in [6, 6.07) is 2.67. The monoisotopic (exact) mass is 291 g/mol. The van der Waals surface area contributed by atoms with Crippen molar-refractivity contribution in [2.45, 2.75) is 0 Å². The Balaban J connectivity index is 2.41. The van der Waals surface area contributed by atoms with Crippen molar-refractivity contribution in [3.8, 4) is 11.5 Å². The molecule has 2 aromatic rings. The van der Waals surface area contributed by atoms with Crippen LogP contribution in [0.4, 0.5) is 5.69 Å². The molecule has 3 N–H and O–H groups in total. The van der Waals surface area contributed by atoms with E-state index in [1.54, 1.807) is 0 Å². The molecule has 1 aromatic carbocycles. The van der Waals surface area contributed by atoms with Gasteiger partial charge in [0.15, 0.2) is 11.5 Å². The topological polar surface area (TPSA) is 114 Å². The van der Waals surface area contributed by atoms with Crippen LogP contribution in [-0.2, 0) is 0 Å². The van der Waals surface area contributed by atoms with Crippen molar-refractivity contribution in [3.63, 3.8) is 0 Å². The average molecular weight is 291 g/mol. The molecule has 0 bridgehead atoms. The standard InChI is InChI=1S/C13H13N3O5/c1-20-10-3-8(13(18)19)9(4-11(10)21-2)16-12(17)7-5-14-15-6-7/h3-6H,1-2H3,(H,14,15)(H,16,17)(H,18,19). The second kappa shape index (κ2) is 5.95. The molecule has 8 heteroatoms. The summed E-state index contributed by atoms with van der Waals surface area (Å²) in [6.45, 7) is 0. The lowest BCUT2D eigenvalue weighted by atomic mass is 10.1. The van der Waals surface area contributed by atoms with Gasteiger partial charge in [-0.1, -0.05) is 0 Å². The quantitative estimate of drug-likeness (QED) is 0.766. The lowest BCUT2D eigenvalue weighted by Gasteiger charge is -2.13. The fraction of sp³-hybridized carbons (Fsp3) is 0.154. The van der Waals surface area contributed by atoms with Gasteiger partial charge in [0.1, 0.15) is 0 Å². The van der Waals surface area contributed by atoms with Gasteiger partial charge >= 0.3 is 5.97 Å². The molecule has 1 aromatic heterocycles. The molecule has 0 saturated heterocycles. The summed E-state index contributed by atoms with van der Waals surface area (Å²) >= 11 is 0. The van der Waals surface area contributed by atoms with E-state index in [9.17, 15) is 14.7 Å². The maximum absolute atomic E-state index is 12.0. The molecule has 110 valence electrons. The summed E-state index contributed by atoms with van der Waals surface area (Å²) in [5.41, 5.74) is 0.275. The number of benzene rings is 1. The molecule has 0 unspecified atom stereocenters. The van der Waals surface area contributed by atoms with E-state index in [1.165, 1.54) is 38.7 Å². The summed E-state index contributed by atoms with van der Waals surface area (Å²) in [6.07, 6.45) is 2.73. The van der Waals surface area contributed by atoms with E-state index in [0.717, 1.165) is 0 Å². The first-order valence-electron chi connectivity index (χ1n) is 5.86. The van der Waals surface area contributed by atoms with Crippen molar-refractivity contribution in [3.05, 3.63) is 35.7 Å². The molecule has 0 aliphatic heterocycles. The molecule has 0 radical (unpaired) electrons. The lowest BCUT2D eigenvalue weighted by Crippen LogP contribution is -2.14. The first kappa shape index (κ1) is 14.4. The molecule has 0 spiro atoms. The summed E-state index contributed by atoms with van der Waals surface area (Å²) in [5.74, 6) is -1.11. The minimum Gasteiger partial charge on any atom is -0.493 e. The maximum atomic E-state index is 12.0. The number of nitrogens with one attached hydrogen (secondary N) is 2. The van der Waals surface area contributed by atoms with Crippen molar-refractivity contribution < 1.29 is 24.2 Å². The van der Waals surface area contributed by atoms with Crippen molar-refractivity contribution in [1.29, 1.82) is 0 Å². The molecule has 21 heavy (non-hydrogen) atoms. The summed E-state index contributed by atoms with van der Waals surface area (Å²) in [5, 5.41) is 17.9. The molecular weight excluding hydrogens is 278 g/mol. The molecule has 0 aliphatic rings. The number of methoxy groups -OCH3 is 2. The van der Waals surface area contributed by atoms with Crippen molar-refractivity contribution in [2.75, 3.05) is 19.5 Å². The van der Waals surface area contributed by atoms with E-state index in [0.29, 0.717) is 5.75 Å². The Morgan fingerprint density at radius 2 is 1.90 bits per heavy atom. The SMILES string of the molecule is COc1cc(NC(=O)c2cn[nH]c2)c(C(=O)O)cc1OC. The highest BCUT2D eigenvalue weighted by Gasteiger charge is 2.18. The minimum atomic E-state index is -1.20. The van der Waals surface area contributed by atoms with Crippen LogP contribution >= 0.6 is 0 Å². The van der Waals surface area contributed by atoms with Crippen molar-refractivity contribution in [2.24, 2.45) is 0 Å². The number of carbonyl (C=O) groups is 2. The van der Waals surface area contributed by atoms with Crippen LogP contribution in [0.25, 0.3) is 0 Å². The van der Waals surface area contributed by atoms with E-state index in [-0.39, 0.29) is 22.6 Å². The normalized spacial score (nSPS) is 10.0. The highest BCUT2D eigenvalue weighted by molar-refractivity contribution is 6.07. The second-order valence-electron chi connectivity index (χ2n) is 4.00. The molecule has 0 saturated carbocycles. The van der Waals surface area contributed by atoms with E-state index >= 15 is 0 Å². The van der Waals surface area contributed by atoms with Gasteiger partial charge < -0.3 is 19.9 Å². The minimum absolute atomic E-state index is 0.103. The number of carbonyl (C=O) groups excluding carboxylic acids is 1. The third-order valence-corrected chi connectivity index (χ3v) is 2.76. The van der Waals surface area contributed by atoms with Gasteiger partial charge in [-0.05, 0) is 0 Å². The van der Waals surface area contributed by atoms with Gasteiger partial charge in [0.25, 0.3) is 5.91 Å². The number of aromatic carboxylic acids is 1. The Labute approximate surface area is 119 Å². The van der Waals surface area contributed by atoms with E-state index < -0.39 is 11.9 Å². The Hall–Kier alpha value is -3.03. The number of hydrogen-bond donors (Lipinski definition) is 3. The number of rotatable bonds is 5. The molecule has 0 atom stereocenters. The van der Waals surface area contributed by atoms with Crippen LogP contribution < -0.4 is 14.8 Å². The number of hydrogen-bond acceptors (Lipinski definition) is 5. The molecular formula is C13H13N3O5. The smallest absolute Gasteiger partial charge is 0.337 e. The second-order valence-corrected chi connectivity index (χ2v) is 4.00. The lowest BCUT2D eigenvalue weighted by molar-refractivity contribution is 0.0697. The Kier molecular flexibility index (Phi) is 4.07. The molecule has 8 nitrogen and oxygen atoms in total. The predicted molar refractivity (Wildman–Crippen MR) is 73.0 cm³/mol.